The summed E-state index contributed by atoms with van der Waals surface area (Å²) in [6.07, 6.45) is 0. The highest BCUT2D eigenvalue weighted by Crippen LogP contribution is 2.25. The number of benzene rings is 2. The van der Waals surface area contributed by atoms with E-state index in [4.69, 9.17) is 4.98 Å². The van der Waals surface area contributed by atoms with E-state index >= 15 is 0 Å². The molecule has 2 aromatic carbocycles. The van der Waals surface area contributed by atoms with Crippen LogP contribution >= 0.6 is 11.3 Å². The van der Waals surface area contributed by atoms with Crippen LogP contribution in [0.15, 0.2) is 48.5 Å². The van der Waals surface area contributed by atoms with E-state index in [0.29, 0.717) is 12.5 Å². The van der Waals surface area contributed by atoms with Crippen molar-refractivity contribution < 1.29 is 9.69 Å². The monoisotopic (exact) mass is 368 g/mol. The van der Waals surface area contributed by atoms with E-state index in [0.717, 1.165) is 26.7 Å². The van der Waals surface area contributed by atoms with E-state index in [1.54, 1.807) is 11.3 Å². The number of likely N-dealkylation sites (N-methyl/N-ethyl adjacent to an activating group) is 1. The van der Waals surface area contributed by atoms with Crippen LogP contribution in [0.4, 0.5) is 5.69 Å². The number of para-hydroxylation sites is 2. The number of anilines is 1. The normalized spacial score (nSPS) is 13.7. The fourth-order valence-electron chi connectivity index (χ4n) is 3.00. The van der Waals surface area contributed by atoms with E-state index < -0.39 is 0 Å². The average molecular weight is 369 g/mol. The van der Waals surface area contributed by atoms with Crippen LogP contribution in [0.3, 0.4) is 0 Å². The highest BCUT2D eigenvalue weighted by Gasteiger charge is 2.22. The van der Waals surface area contributed by atoms with Gasteiger partial charge in [-0.25, -0.2) is 4.98 Å². The molecule has 3 aromatic rings. The molecule has 0 spiro atoms. The maximum atomic E-state index is 12.6. The molecule has 136 valence electrons. The molecule has 0 aliphatic heterocycles. The summed E-state index contributed by atoms with van der Waals surface area (Å²) in [6.45, 7) is 6.81. The predicted molar refractivity (Wildman–Crippen MR) is 109 cm³/mol. The topological polar surface area (TPSA) is 46.4 Å². The van der Waals surface area contributed by atoms with Gasteiger partial charge < -0.3 is 10.2 Å². The standard InChI is InChI=1S/C21H25N3OS/c1-14(2)16-9-5-6-10-17(16)22-20(25)13-24(4)15(3)21-23-18-11-7-8-12-19(18)26-21/h5-12,14-15H,13H2,1-4H3,(H,22,25)/p+1/t15-/m1/s1. The van der Waals surface area contributed by atoms with Gasteiger partial charge in [0.15, 0.2) is 11.6 Å². The first-order valence-corrected chi connectivity index (χ1v) is 9.84. The van der Waals surface area contributed by atoms with Gasteiger partial charge in [-0.15, -0.1) is 11.3 Å². The van der Waals surface area contributed by atoms with E-state index in [2.05, 4.69) is 38.2 Å². The van der Waals surface area contributed by atoms with Crippen molar-refractivity contribution in [3.63, 3.8) is 0 Å². The molecule has 0 aliphatic carbocycles. The third-order valence-electron chi connectivity index (χ3n) is 4.72. The summed E-state index contributed by atoms with van der Waals surface area (Å²) in [4.78, 5) is 18.4. The third kappa shape index (κ3) is 4.11. The van der Waals surface area contributed by atoms with Crippen LogP contribution in [0.25, 0.3) is 10.2 Å². The van der Waals surface area contributed by atoms with Crippen molar-refractivity contribution in [1.82, 2.24) is 4.98 Å². The number of quaternary nitrogens is 1. The lowest BCUT2D eigenvalue weighted by atomic mass is 10.0. The van der Waals surface area contributed by atoms with Crippen LogP contribution in [0.1, 0.15) is 43.3 Å². The van der Waals surface area contributed by atoms with Gasteiger partial charge in [0.25, 0.3) is 5.91 Å². The van der Waals surface area contributed by atoms with Crippen molar-refractivity contribution in [3.8, 4) is 0 Å². The molecule has 0 saturated carbocycles. The Bertz CT molecular complexity index is 870. The van der Waals surface area contributed by atoms with Gasteiger partial charge in [0, 0.05) is 5.69 Å². The first-order chi connectivity index (χ1) is 12.5. The second-order valence-corrected chi connectivity index (χ2v) is 8.12. The number of rotatable bonds is 6. The van der Waals surface area contributed by atoms with Crippen LogP contribution in [0.2, 0.25) is 0 Å². The molecule has 0 fully saturated rings. The van der Waals surface area contributed by atoms with Crippen LogP contribution in [-0.2, 0) is 4.79 Å². The Balaban J connectivity index is 1.67. The van der Waals surface area contributed by atoms with Gasteiger partial charge in [-0.2, -0.15) is 0 Å². The molecule has 2 atom stereocenters. The number of hydrogen-bond acceptors (Lipinski definition) is 3. The minimum atomic E-state index is 0.0311. The predicted octanol–water partition coefficient (Wildman–Crippen LogP) is 3.63. The molecule has 1 unspecified atom stereocenters. The van der Waals surface area contributed by atoms with E-state index in [1.165, 1.54) is 4.70 Å². The lowest BCUT2D eigenvalue weighted by Crippen LogP contribution is -3.10. The van der Waals surface area contributed by atoms with Crippen molar-refractivity contribution in [2.24, 2.45) is 0 Å². The van der Waals surface area contributed by atoms with Crippen LogP contribution in [-0.4, -0.2) is 24.5 Å². The minimum Gasteiger partial charge on any atom is -0.322 e. The molecule has 4 nitrogen and oxygen atoms in total. The Morgan fingerprint density at radius 2 is 1.81 bits per heavy atom. The quantitative estimate of drug-likeness (QED) is 0.698. The van der Waals surface area contributed by atoms with Crippen molar-refractivity contribution in [2.75, 3.05) is 18.9 Å². The van der Waals surface area contributed by atoms with Gasteiger partial charge in [0.1, 0.15) is 6.04 Å². The number of nitrogens with zero attached hydrogens (tertiary/aromatic N) is 1. The smallest absolute Gasteiger partial charge is 0.279 e. The molecule has 3 rings (SSSR count). The molecule has 0 bridgehead atoms. The second kappa shape index (κ2) is 7.98. The first kappa shape index (κ1) is 18.5. The van der Waals surface area contributed by atoms with E-state index in [1.807, 2.05) is 43.4 Å². The van der Waals surface area contributed by atoms with Gasteiger partial charge in [0.05, 0.1) is 17.3 Å². The SMILES string of the molecule is CC(C)c1ccccc1NC(=O)C[NH+](C)[C@H](C)c1nc2ccccc2s1. The number of amides is 1. The molecule has 1 aromatic heterocycles. The number of thiazole rings is 1. The second-order valence-electron chi connectivity index (χ2n) is 7.05. The Labute approximate surface area is 158 Å². The number of aromatic nitrogens is 1. The molecule has 1 amide bonds. The zero-order chi connectivity index (χ0) is 18.7. The zero-order valence-electron chi connectivity index (χ0n) is 15.7. The number of fused-ring (bicyclic) bond motifs is 1. The molecule has 2 N–H and O–H groups in total. The summed E-state index contributed by atoms with van der Waals surface area (Å²) in [5.74, 6) is 0.404. The van der Waals surface area contributed by atoms with Gasteiger partial charge in [-0.05, 0) is 36.6 Å². The van der Waals surface area contributed by atoms with Gasteiger partial charge in [-0.3, -0.25) is 4.79 Å². The summed E-state index contributed by atoms with van der Waals surface area (Å²) in [5.41, 5.74) is 3.10. The maximum Gasteiger partial charge on any atom is 0.279 e. The third-order valence-corrected chi connectivity index (χ3v) is 5.94. The summed E-state index contributed by atoms with van der Waals surface area (Å²) in [7, 11) is 2.05. The Kier molecular flexibility index (Phi) is 5.69. The summed E-state index contributed by atoms with van der Waals surface area (Å²) in [5, 5.41) is 4.15. The Hall–Kier alpha value is -2.24. The van der Waals surface area contributed by atoms with Gasteiger partial charge in [0.2, 0.25) is 0 Å². The summed E-state index contributed by atoms with van der Waals surface area (Å²) >= 11 is 1.71. The molecule has 0 radical (unpaired) electrons. The summed E-state index contributed by atoms with van der Waals surface area (Å²) < 4.78 is 1.19. The lowest BCUT2D eigenvalue weighted by Gasteiger charge is -2.20. The molecular weight excluding hydrogens is 342 g/mol. The van der Waals surface area contributed by atoms with Crippen LogP contribution in [0.5, 0.6) is 0 Å². The Morgan fingerprint density at radius 3 is 2.54 bits per heavy atom. The number of hydrogen-bond donors (Lipinski definition) is 2. The average Bonchev–Trinajstić information content (AvgIpc) is 3.05. The number of nitrogens with one attached hydrogen (secondary N) is 2. The number of carbonyl (C=O) groups is 1. The molecule has 0 aliphatic rings. The number of carbonyl (C=O) groups excluding carboxylic acids is 1. The lowest BCUT2D eigenvalue weighted by molar-refractivity contribution is -0.902. The van der Waals surface area contributed by atoms with Crippen molar-refractivity contribution in [1.29, 1.82) is 0 Å². The first-order valence-electron chi connectivity index (χ1n) is 9.02. The molecular formula is C21H26N3OS+. The zero-order valence-corrected chi connectivity index (χ0v) is 16.6. The van der Waals surface area contributed by atoms with Crippen molar-refractivity contribution >= 4 is 33.1 Å². The molecule has 0 saturated heterocycles. The van der Waals surface area contributed by atoms with Crippen LogP contribution in [0, 0.1) is 0 Å². The Morgan fingerprint density at radius 1 is 1.12 bits per heavy atom. The van der Waals surface area contributed by atoms with Crippen LogP contribution < -0.4 is 10.2 Å². The van der Waals surface area contributed by atoms with Gasteiger partial charge >= 0.3 is 0 Å². The fraction of sp³-hybridized carbons (Fsp3) is 0.333. The summed E-state index contributed by atoms with van der Waals surface area (Å²) in [6, 6.07) is 16.3. The largest absolute Gasteiger partial charge is 0.322 e. The van der Waals surface area contributed by atoms with Crippen molar-refractivity contribution in [3.05, 3.63) is 59.1 Å². The highest BCUT2D eigenvalue weighted by atomic mass is 32.1. The molecule has 26 heavy (non-hydrogen) atoms. The maximum absolute atomic E-state index is 12.6. The molecule has 1 heterocycles. The van der Waals surface area contributed by atoms with E-state index in [-0.39, 0.29) is 11.9 Å². The van der Waals surface area contributed by atoms with Crippen molar-refractivity contribution in [2.45, 2.75) is 32.7 Å². The minimum absolute atomic E-state index is 0.0311. The molecule has 5 heteroatoms. The highest BCUT2D eigenvalue weighted by molar-refractivity contribution is 7.18. The van der Waals surface area contributed by atoms with E-state index in [9.17, 15) is 4.79 Å². The van der Waals surface area contributed by atoms with Gasteiger partial charge in [-0.1, -0.05) is 44.2 Å². The fourth-order valence-corrected chi connectivity index (χ4v) is 4.11.